The largest absolute Gasteiger partial charge is 0.494 e. The number of halogens is 3. The molecule has 8 nitrogen and oxygen atoms in total. The van der Waals surface area contributed by atoms with Gasteiger partial charge in [0, 0.05) is 17.0 Å². The number of nitrogens with zero attached hydrogens (tertiary/aromatic N) is 2. The molecule has 3 aromatic rings. The molecule has 0 saturated carbocycles. The number of aliphatic hydroxyl groups is 1. The molecule has 2 aromatic heterocycles. The molecule has 1 amide bonds. The van der Waals surface area contributed by atoms with Gasteiger partial charge in [-0.2, -0.15) is 13.2 Å². The summed E-state index contributed by atoms with van der Waals surface area (Å²) in [5, 5.41) is 12.0. The maximum absolute atomic E-state index is 13.1. The van der Waals surface area contributed by atoms with E-state index in [0.29, 0.717) is 10.9 Å². The number of amides is 1. The number of nitrogens with two attached hydrogens (primary N) is 1. The lowest BCUT2D eigenvalue weighted by molar-refractivity contribution is -0.140. The Morgan fingerprint density at radius 2 is 1.97 bits per heavy atom. The smallest absolute Gasteiger partial charge is 0.433 e. The van der Waals surface area contributed by atoms with Crippen molar-refractivity contribution in [3.63, 3.8) is 0 Å². The molecule has 0 radical (unpaired) electrons. The van der Waals surface area contributed by atoms with E-state index in [9.17, 15) is 18.0 Å². The van der Waals surface area contributed by atoms with Gasteiger partial charge in [-0.25, -0.2) is 9.97 Å². The van der Waals surface area contributed by atoms with Crippen LogP contribution in [0.3, 0.4) is 0 Å². The van der Waals surface area contributed by atoms with Crippen LogP contribution in [0.25, 0.3) is 22.4 Å². The van der Waals surface area contributed by atoms with E-state index < -0.39 is 29.9 Å². The van der Waals surface area contributed by atoms with Gasteiger partial charge in [0.15, 0.2) is 11.5 Å². The van der Waals surface area contributed by atoms with E-state index in [4.69, 9.17) is 20.0 Å². The van der Waals surface area contributed by atoms with Crippen molar-refractivity contribution in [2.45, 2.75) is 32.1 Å². The first-order valence-electron chi connectivity index (χ1n) is 9.30. The number of hydrogen-bond acceptors (Lipinski definition) is 7. The number of carbonyl (C=O) groups is 1. The van der Waals surface area contributed by atoms with Gasteiger partial charge in [-0.3, -0.25) is 4.79 Å². The summed E-state index contributed by atoms with van der Waals surface area (Å²) in [6.07, 6.45) is -4.63. The van der Waals surface area contributed by atoms with Crippen molar-refractivity contribution in [2.75, 3.05) is 13.7 Å². The molecule has 2 heterocycles. The van der Waals surface area contributed by atoms with Gasteiger partial charge in [0.05, 0.1) is 19.8 Å². The first-order valence-corrected chi connectivity index (χ1v) is 9.30. The van der Waals surface area contributed by atoms with Gasteiger partial charge in [-0.1, -0.05) is 0 Å². The lowest BCUT2D eigenvalue weighted by Crippen LogP contribution is -2.36. The minimum absolute atomic E-state index is 0.0108. The third-order valence-electron chi connectivity index (χ3n) is 4.49. The van der Waals surface area contributed by atoms with Gasteiger partial charge < -0.3 is 25.3 Å². The second kappa shape index (κ2) is 8.52. The predicted octanol–water partition coefficient (Wildman–Crippen LogP) is 3.05. The average molecular weight is 438 g/mol. The standard InChI is InChI=1S/C20H21F3N4O4/c1-9(8-28)25-18(29)16-17(10(2)24)31-19(27-16)12-4-6-13(30-3)15-11(12)5-7-14(26-15)20(21,22)23/h4-7,9-10,28H,8,24H2,1-3H3,(H,25,29)/t9-,10+/m1/s1. The second-order valence-corrected chi connectivity index (χ2v) is 6.98. The number of methoxy groups -OCH3 is 1. The summed E-state index contributed by atoms with van der Waals surface area (Å²) in [5.41, 5.74) is 5.05. The quantitative estimate of drug-likeness (QED) is 0.540. The topological polar surface area (TPSA) is 124 Å². The first-order chi connectivity index (χ1) is 14.6. The van der Waals surface area contributed by atoms with Crippen LogP contribution < -0.4 is 15.8 Å². The van der Waals surface area contributed by atoms with Crippen molar-refractivity contribution in [2.24, 2.45) is 5.73 Å². The molecule has 31 heavy (non-hydrogen) atoms. The number of carbonyl (C=O) groups excluding carboxylic acids is 1. The van der Waals surface area contributed by atoms with Crippen molar-refractivity contribution in [3.05, 3.63) is 41.4 Å². The summed E-state index contributed by atoms with van der Waals surface area (Å²) in [6.45, 7) is 2.92. The van der Waals surface area contributed by atoms with E-state index in [1.165, 1.54) is 19.2 Å². The van der Waals surface area contributed by atoms with Crippen molar-refractivity contribution in [1.29, 1.82) is 0 Å². The highest BCUT2D eigenvalue weighted by Crippen LogP contribution is 2.37. The molecule has 0 unspecified atom stereocenters. The third-order valence-corrected chi connectivity index (χ3v) is 4.49. The van der Waals surface area contributed by atoms with E-state index in [0.717, 1.165) is 6.07 Å². The van der Waals surface area contributed by atoms with Crippen LogP contribution in [-0.4, -0.2) is 40.7 Å². The zero-order valence-electron chi connectivity index (χ0n) is 16.9. The number of fused-ring (bicyclic) bond motifs is 1. The summed E-state index contributed by atoms with van der Waals surface area (Å²) in [5.74, 6) is -0.373. The van der Waals surface area contributed by atoms with Crippen molar-refractivity contribution >= 4 is 16.8 Å². The fraction of sp³-hybridized carbons (Fsp3) is 0.350. The van der Waals surface area contributed by atoms with E-state index in [1.54, 1.807) is 19.9 Å². The molecule has 0 aliphatic heterocycles. The molecule has 3 rings (SSSR count). The van der Waals surface area contributed by atoms with Crippen molar-refractivity contribution < 1.29 is 32.2 Å². The number of aromatic nitrogens is 2. The molecule has 4 N–H and O–H groups in total. The number of ether oxygens (including phenoxy) is 1. The molecule has 11 heteroatoms. The van der Waals surface area contributed by atoms with Gasteiger partial charge in [-0.15, -0.1) is 0 Å². The molecule has 2 atom stereocenters. The fourth-order valence-corrected chi connectivity index (χ4v) is 2.96. The minimum Gasteiger partial charge on any atom is -0.494 e. The van der Waals surface area contributed by atoms with E-state index in [1.807, 2.05) is 0 Å². The van der Waals surface area contributed by atoms with Crippen LogP contribution in [0.5, 0.6) is 5.75 Å². The Hall–Kier alpha value is -3.18. The summed E-state index contributed by atoms with van der Waals surface area (Å²) >= 11 is 0. The molecule has 0 bridgehead atoms. The van der Waals surface area contributed by atoms with Gasteiger partial charge in [0.1, 0.15) is 17.0 Å². The average Bonchev–Trinajstić information content (AvgIpc) is 3.17. The van der Waals surface area contributed by atoms with Crippen LogP contribution >= 0.6 is 0 Å². The number of rotatable bonds is 6. The van der Waals surface area contributed by atoms with E-state index in [2.05, 4.69) is 15.3 Å². The monoisotopic (exact) mass is 438 g/mol. The van der Waals surface area contributed by atoms with Gasteiger partial charge in [0.25, 0.3) is 5.91 Å². The fourth-order valence-electron chi connectivity index (χ4n) is 2.96. The number of aliphatic hydroxyl groups excluding tert-OH is 1. The summed E-state index contributed by atoms with van der Waals surface area (Å²) in [4.78, 5) is 20.5. The maximum atomic E-state index is 13.1. The molecule has 0 aliphatic carbocycles. The van der Waals surface area contributed by atoms with Gasteiger partial charge in [-0.05, 0) is 38.1 Å². The maximum Gasteiger partial charge on any atom is 0.433 e. The highest BCUT2D eigenvalue weighted by molar-refractivity contribution is 5.98. The lowest BCUT2D eigenvalue weighted by atomic mass is 10.1. The molecule has 1 aromatic carbocycles. The number of oxazole rings is 1. The highest BCUT2D eigenvalue weighted by Gasteiger charge is 2.33. The molecule has 0 spiro atoms. The third kappa shape index (κ3) is 4.47. The highest BCUT2D eigenvalue weighted by atomic mass is 19.4. The van der Waals surface area contributed by atoms with Crippen LogP contribution in [0.2, 0.25) is 0 Å². The first kappa shape index (κ1) is 22.5. The zero-order valence-corrected chi connectivity index (χ0v) is 16.9. The summed E-state index contributed by atoms with van der Waals surface area (Å²) < 4.78 is 50.3. The zero-order chi connectivity index (χ0) is 22.9. The summed E-state index contributed by atoms with van der Waals surface area (Å²) in [7, 11) is 1.32. The second-order valence-electron chi connectivity index (χ2n) is 6.98. The molecule has 0 aliphatic rings. The number of pyridine rings is 1. The SMILES string of the molecule is COc1ccc(-c2nc(C(=O)N[C@H](C)CO)c([C@H](C)N)o2)c2ccc(C(F)(F)F)nc12. The predicted molar refractivity (Wildman–Crippen MR) is 105 cm³/mol. The Bertz CT molecular complexity index is 1110. The van der Waals surface area contributed by atoms with Crippen molar-refractivity contribution in [3.8, 4) is 17.2 Å². The Balaban J connectivity index is 2.17. The Labute approximate surface area is 175 Å². The van der Waals surface area contributed by atoms with E-state index in [-0.39, 0.29) is 35.2 Å². The summed E-state index contributed by atoms with van der Waals surface area (Å²) in [6, 6.07) is 3.86. The number of hydrogen-bond donors (Lipinski definition) is 3. The van der Waals surface area contributed by atoms with Gasteiger partial charge in [0.2, 0.25) is 5.89 Å². The Kier molecular flexibility index (Phi) is 6.18. The molecule has 0 saturated heterocycles. The van der Waals surface area contributed by atoms with Gasteiger partial charge >= 0.3 is 6.18 Å². The van der Waals surface area contributed by atoms with Crippen LogP contribution in [-0.2, 0) is 6.18 Å². The van der Waals surface area contributed by atoms with E-state index >= 15 is 0 Å². The van der Waals surface area contributed by atoms with Crippen LogP contribution in [0, 0.1) is 0 Å². The number of alkyl halides is 3. The molecule has 0 fully saturated rings. The minimum atomic E-state index is -4.63. The lowest BCUT2D eigenvalue weighted by Gasteiger charge is -2.11. The molecule has 166 valence electrons. The normalized spacial score (nSPS) is 13.8. The Morgan fingerprint density at radius 1 is 1.26 bits per heavy atom. The molecular formula is C20H21F3N4O4. The van der Waals surface area contributed by atoms with Crippen LogP contribution in [0.15, 0.2) is 28.7 Å². The molecular weight excluding hydrogens is 417 g/mol. The van der Waals surface area contributed by atoms with Crippen LogP contribution in [0.1, 0.15) is 41.8 Å². The number of benzene rings is 1. The number of nitrogens with one attached hydrogen (secondary N) is 1. The van der Waals surface area contributed by atoms with Crippen LogP contribution in [0.4, 0.5) is 13.2 Å². The van der Waals surface area contributed by atoms with Crippen molar-refractivity contribution in [1.82, 2.24) is 15.3 Å². The Morgan fingerprint density at radius 3 is 2.55 bits per heavy atom.